The van der Waals surface area contributed by atoms with Gasteiger partial charge < -0.3 is 9.88 Å². The zero-order chi connectivity index (χ0) is 11.8. The second-order valence-electron chi connectivity index (χ2n) is 4.72. The van der Waals surface area contributed by atoms with E-state index in [1.807, 2.05) is 18.6 Å². The van der Waals surface area contributed by atoms with Crippen molar-refractivity contribution in [3.63, 3.8) is 0 Å². The summed E-state index contributed by atoms with van der Waals surface area (Å²) in [5.41, 5.74) is 1.96. The molecule has 4 heteroatoms. The van der Waals surface area contributed by atoms with Gasteiger partial charge in [0.25, 0.3) is 0 Å². The smallest absolute Gasteiger partial charge is 0.157 e. The molecule has 1 aliphatic rings. The molecule has 1 aromatic rings. The van der Waals surface area contributed by atoms with Crippen molar-refractivity contribution < 1.29 is 0 Å². The molecular weight excluding hydrogens is 200 g/mol. The molecule has 0 spiro atoms. The zero-order valence-electron chi connectivity index (χ0n) is 10.3. The molecule has 2 heterocycles. The summed E-state index contributed by atoms with van der Waals surface area (Å²) in [5.74, 6) is 0.845. The molecule has 4 nitrogen and oxygen atoms in total. The van der Waals surface area contributed by atoms with Gasteiger partial charge in [-0.25, -0.2) is 4.99 Å². The Morgan fingerprint density at radius 1 is 1.31 bits per heavy atom. The third-order valence-electron chi connectivity index (χ3n) is 2.75. The van der Waals surface area contributed by atoms with E-state index in [0.717, 1.165) is 23.7 Å². The van der Waals surface area contributed by atoms with Gasteiger partial charge in [-0.3, -0.25) is 4.99 Å². The Balaban J connectivity index is 2.45. The molecule has 0 atom stereocenters. The summed E-state index contributed by atoms with van der Waals surface area (Å²) in [6, 6.07) is 0. The van der Waals surface area contributed by atoms with Crippen LogP contribution in [-0.4, -0.2) is 31.0 Å². The van der Waals surface area contributed by atoms with Crippen LogP contribution in [0.3, 0.4) is 0 Å². The summed E-state index contributed by atoms with van der Waals surface area (Å²) in [7, 11) is 2.05. The first-order chi connectivity index (χ1) is 7.53. The van der Waals surface area contributed by atoms with Crippen molar-refractivity contribution in [3.8, 4) is 0 Å². The number of aromatic nitrogens is 1. The van der Waals surface area contributed by atoms with Crippen molar-refractivity contribution in [2.45, 2.75) is 20.8 Å². The van der Waals surface area contributed by atoms with Crippen LogP contribution in [0, 0.1) is 5.41 Å². The fourth-order valence-corrected chi connectivity index (χ4v) is 1.58. The first kappa shape index (κ1) is 10.9. The third kappa shape index (κ3) is 1.87. The Morgan fingerprint density at radius 2 is 2.00 bits per heavy atom. The first-order valence-corrected chi connectivity index (χ1v) is 5.56. The van der Waals surface area contributed by atoms with E-state index in [9.17, 15) is 0 Å². The minimum Gasteiger partial charge on any atom is -0.372 e. The van der Waals surface area contributed by atoms with E-state index in [-0.39, 0.29) is 5.41 Å². The fourth-order valence-electron chi connectivity index (χ4n) is 1.58. The van der Waals surface area contributed by atoms with Crippen LogP contribution < -0.4 is 4.90 Å². The first-order valence-electron chi connectivity index (χ1n) is 5.56. The number of aromatic amines is 1. The van der Waals surface area contributed by atoms with E-state index in [1.165, 1.54) is 0 Å². The lowest BCUT2D eigenvalue weighted by atomic mass is 9.98. The van der Waals surface area contributed by atoms with Crippen LogP contribution in [0.1, 0.15) is 20.8 Å². The number of hydrogen-bond acceptors (Lipinski definition) is 3. The number of hydrogen-bond donors (Lipinski definition) is 1. The standard InChI is InChI=1S/C12H18N4/c1-5-16(4)9-6-13-11-10(9)14-7-12(2,3)8-15-11/h6-8,13H,5H2,1-4H3. The van der Waals surface area contributed by atoms with Crippen LogP contribution in [-0.2, 0) is 0 Å². The van der Waals surface area contributed by atoms with E-state index < -0.39 is 0 Å². The van der Waals surface area contributed by atoms with Crippen LogP contribution in [0.2, 0.25) is 0 Å². The second-order valence-corrected chi connectivity index (χ2v) is 4.72. The molecule has 0 saturated carbocycles. The minimum atomic E-state index is -0.0814. The molecular formula is C12H18N4. The number of H-pyrrole nitrogens is 1. The van der Waals surface area contributed by atoms with Gasteiger partial charge in [-0.05, 0) is 20.8 Å². The number of nitrogens with zero attached hydrogens (tertiary/aromatic N) is 3. The quantitative estimate of drug-likeness (QED) is 0.815. The van der Waals surface area contributed by atoms with Crippen molar-refractivity contribution in [2.75, 3.05) is 18.5 Å². The van der Waals surface area contributed by atoms with E-state index in [1.54, 1.807) is 0 Å². The molecule has 1 aromatic heterocycles. The van der Waals surface area contributed by atoms with Gasteiger partial charge in [0.1, 0.15) is 5.69 Å². The molecule has 0 bridgehead atoms. The van der Waals surface area contributed by atoms with E-state index in [0.29, 0.717) is 0 Å². The maximum atomic E-state index is 4.55. The van der Waals surface area contributed by atoms with E-state index in [4.69, 9.17) is 0 Å². The Labute approximate surface area is 96.1 Å². The van der Waals surface area contributed by atoms with Crippen LogP contribution in [0.5, 0.6) is 0 Å². The van der Waals surface area contributed by atoms with Gasteiger partial charge >= 0.3 is 0 Å². The Hall–Kier alpha value is -1.58. The lowest BCUT2D eigenvalue weighted by Crippen LogP contribution is -2.15. The Morgan fingerprint density at radius 3 is 2.69 bits per heavy atom. The summed E-state index contributed by atoms with van der Waals surface area (Å²) in [5, 5.41) is 0. The van der Waals surface area contributed by atoms with E-state index >= 15 is 0 Å². The normalized spacial score (nSPS) is 17.0. The number of aliphatic imine (C=N–C) groups is 2. The van der Waals surface area contributed by atoms with Crippen molar-refractivity contribution in [3.05, 3.63) is 6.20 Å². The third-order valence-corrected chi connectivity index (χ3v) is 2.75. The lowest BCUT2D eigenvalue weighted by Gasteiger charge is -2.15. The molecule has 16 heavy (non-hydrogen) atoms. The molecule has 0 radical (unpaired) electrons. The van der Waals surface area contributed by atoms with Gasteiger partial charge in [0.15, 0.2) is 5.82 Å². The van der Waals surface area contributed by atoms with Crippen LogP contribution in [0.4, 0.5) is 17.2 Å². The van der Waals surface area contributed by atoms with Gasteiger partial charge in [0.2, 0.25) is 0 Å². The predicted molar refractivity (Wildman–Crippen MR) is 69.8 cm³/mol. The summed E-state index contributed by atoms with van der Waals surface area (Å²) >= 11 is 0. The SMILES string of the molecule is CCN(C)c1c[nH]c2c1N=CC(C)(C)C=N2. The highest BCUT2D eigenvalue weighted by Gasteiger charge is 2.19. The molecule has 2 rings (SSSR count). The molecule has 0 aliphatic carbocycles. The fraction of sp³-hybridized carbons (Fsp3) is 0.500. The zero-order valence-corrected chi connectivity index (χ0v) is 10.3. The van der Waals surface area contributed by atoms with E-state index in [2.05, 4.69) is 47.7 Å². The average Bonchev–Trinajstić information content (AvgIpc) is 2.59. The van der Waals surface area contributed by atoms with Gasteiger partial charge in [-0.2, -0.15) is 0 Å². The lowest BCUT2D eigenvalue weighted by molar-refractivity contribution is 0.767. The predicted octanol–water partition coefficient (Wildman–Crippen LogP) is 2.92. The van der Waals surface area contributed by atoms with Gasteiger partial charge in [-0.15, -0.1) is 0 Å². The number of nitrogens with one attached hydrogen (secondary N) is 1. The summed E-state index contributed by atoms with van der Waals surface area (Å²) in [6.07, 6.45) is 5.83. The van der Waals surface area contributed by atoms with Crippen molar-refractivity contribution in [2.24, 2.45) is 15.4 Å². The molecule has 1 N–H and O–H groups in total. The number of fused-ring (bicyclic) bond motifs is 1. The van der Waals surface area contributed by atoms with Gasteiger partial charge in [-0.1, -0.05) is 0 Å². The summed E-state index contributed by atoms with van der Waals surface area (Å²) < 4.78 is 0. The second kappa shape index (κ2) is 3.77. The molecule has 1 aliphatic heterocycles. The summed E-state index contributed by atoms with van der Waals surface area (Å²) in [4.78, 5) is 14.3. The molecule has 0 saturated heterocycles. The average molecular weight is 218 g/mol. The molecule has 86 valence electrons. The van der Waals surface area contributed by atoms with Crippen molar-refractivity contribution in [1.29, 1.82) is 0 Å². The maximum absolute atomic E-state index is 4.55. The molecule has 0 unspecified atom stereocenters. The van der Waals surface area contributed by atoms with Crippen molar-refractivity contribution >= 4 is 29.6 Å². The van der Waals surface area contributed by atoms with Crippen LogP contribution in [0.25, 0.3) is 0 Å². The minimum absolute atomic E-state index is 0.0814. The number of rotatable bonds is 2. The van der Waals surface area contributed by atoms with Crippen LogP contribution >= 0.6 is 0 Å². The topological polar surface area (TPSA) is 43.8 Å². The Bertz CT molecular complexity index is 440. The summed E-state index contributed by atoms with van der Waals surface area (Å²) in [6.45, 7) is 7.25. The Kier molecular flexibility index (Phi) is 2.58. The largest absolute Gasteiger partial charge is 0.372 e. The maximum Gasteiger partial charge on any atom is 0.157 e. The number of anilines is 1. The monoisotopic (exact) mass is 218 g/mol. The highest BCUT2D eigenvalue weighted by atomic mass is 15.1. The van der Waals surface area contributed by atoms with Gasteiger partial charge in [0, 0.05) is 37.6 Å². The highest BCUT2D eigenvalue weighted by molar-refractivity contribution is 5.95. The van der Waals surface area contributed by atoms with Gasteiger partial charge in [0.05, 0.1) is 5.69 Å². The van der Waals surface area contributed by atoms with Crippen molar-refractivity contribution in [1.82, 2.24) is 4.98 Å². The molecule has 0 amide bonds. The highest BCUT2D eigenvalue weighted by Crippen LogP contribution is 2.39. The van der Waals surface area contributed by atoms with Crippen LogP contribution in [0.15, 0.2) is 16.2 Å². The molecule has 0 fully saturated rings. The molecule has 0 aromatic carbocycles.